The molecule has 0 aliphatic carbocycles. The summed E-state index contributed by atoms with van der Waals surface area (Å²) < 4.78 is 68.1. The minimum Gasteiger partial charge on any atom is -0.336 e. The van der Waals surface area contributed by atoms with Crippen LogP contribution in [-0.2, 0) is 7.05 Å². The predicted molar refractivity (Wildman–Crippen MR) is 70.6 cm³/mol. The molecule has 1 atom stereocenters. The molecule has 0 aliphatic heterocycles. The monoisotopic (exact) mass is 333 g/mol. The van der Waals surface area contributed by atoms with Crippen LogP contribution >= 0.6 is 0 Å². The maximum atomic E-state index is 13.7. The molecule has 0 saturated carbocycles. The van der Waals surface area contributed by atoms with Crippen LogP contribution in [0.4, 0.5) is 22.0 Å². The number of aromatic nitrogens is 2. The zero-order chi connectivity index (χ0) is 17.4. The number of rotatable bonds is 3. The maximum Gasteiger partial charge on any atom is 0.413 e. The normalized spacial score (nSPS) is 13.0. The number of amides is 1. The maximum absolute atomic E-state index is 13.7. The van der Waals surface area contributed by atoms with Gasteiger partial charge in [0.2, 0.25) is 0 Å². The number of carbonyl (C=O) groups excluding carboxylic acids is 1. The topological polar surface area (TPSA) is 46.9 Å². The first-order valence-corrected chi connectivity index (χ1v) is 6.43. The van der Waals surface area contributed by atoms with Gasteiger partial charge in [0.1, 0.15) is 11.6 Å². The molecule has 4 nitrogen and oxygen atoms in total. The van der Waals surface area contributed by atoms with Crippen LogP contribution in [0.15, 0.2) is 24.4 Å². The van der Waals surface area contributed by atoms with E-state index >= 15 is 0 Å². The van der Waals surface area contributed by atoms with Gasteiger partial charge in [-0.3, -0.25) is 9.48 Å². The van der Waals surface area contributed by atoms with Crippen molar-refractivity contribution >= 4 is 5.91 Å². The lowest BCUT2D eigenvalue weighted by molar-refractivity contribution is -0.156. The first kappa shape index (κ1) is 16.9. The van der Waals surface area contributed by atoms with Gasteiger partial charge >= 0.3 is 6.18 Å². The second-order valence-corrected chi connectivity index (χ2v) is 4.85. The van der Waals surface area contributed by atoms with Gasteiger partial charge in [0.15, 0.2) is 6.04 Å². The molecule has 0 radical (unpaired) electrons. The molecule has 1 aromatic heterocycles. The van der Waals surface area contributed by atoms with Crippen molar-refractivity contribution in [3.05, 3.63) is 52.9 Å². The highest BCUT2D eigenvalue weighted by Crippen LogP contribution is 2.35. The van der Waals surface area contributed by atoms with Gasteiger partial charge in [-0.15, -0.1) is 0 Å². The summed E-state index contributed by atoms with van der Waals surface area (Å²) in [5.74, 6) is -3.91. The average molecular weight is 333 g/mol. The molecule has 124 valence electrons. The van der Waals surface area contributed by atoms with E-state index in [9.17, 15) is 26.7 Å². The van der Waals surface area contributed by atoms with E-state index in [1.807, 2.05) is 0 Å². The molecule has 1 aromatic carbocycles. The summed E-state index contributed by atoms with van der Waals surface area (Å²) in [5, 5.41) is 5.37. The SMILES string of the molecule is Cc1c(C(=O)N[C@H](c2c(F)cccc2F)C(F)(F)F)cnn1C. The van der Waals surface area contributed by atoms with Gasteiger partial charge in [-0.1, -0.05) is 6.07 Å². The summed E-state index contributed by atoms with van der Waals surface area (Å²) in [7, 11) is 1.50. The number of hydrogen-bond donors (Lipinski definition) is 1. The van der Waals surface area contributed by atoms with Crippen molar-refractivity contribution in [2.45, 2.75) is 19.1 Å². The van der Waals surface area contributed by atoms with E-state index in [0.29, 0.717) is 17.8 Å². The Morgan fingerprint density at radius 1 is 1.26 bits per heavy atom. The number of nitrogens with one attached hydrogen (secondary N) is 1. The second-order valence-electron chi connectivity index (χ2n) is 4.85. The quantitative estimate of drug-likeness (QED) is 0.878. The molecule has 0 spiro atoms. The standard InChI is InChI=1S/C14H12F5N3O/c1-7-8(6-20-22(7)2)13(23)21-12(14(17,18)19)11-9(15)4-3-5-10(11)16/h3-6,12H,1-2H3,(H,21,23)/t12-/m1/s1. The fourth-order valence-electron chi connectivity index (χ4n) is 2.03. The Hall–Kier alpha value is -2.45. The molecular weight excluding hydrogens is 321 g/mol. The number of benzene rings is 1. The van der Waals surface area contributed by atoms with Crippen molar-refractivity contribution in [2.75, 3.05) is 0 Å². The van der Waals surface area contributed by atoms with Crippen molar-refractivity contribution in [2.24, 2.45) is 7.05 Å². The first-order valence-electron chi connectivity index (χ1n) is 6.43. The molecule has 23 heavy (non-hydrogen) atoms. The summed E-state index contributed by atoms with van der Waals surface area (Å²) in [6.45, 7) is 1.48. The van der Waals surface area contributed by atoms with Crippen LogP contribution in [0.3, 0.4) is 0 Å². The predicted octanol–water partition coefficient (Wildman–Crippen LogP) is 3.04. The summed E-state index contributed by atoms with van der Waals surface area (Å²) >= 11 is 0. The highest BCUT2D eigenvalue weighted by atomic mass is 19.4. The summed E-state index contributed by atoms with van der Waals surface area (Å²) in [6.07, 6.45) is -4.00. The largest absolute Gasteiger partial charge is 0.413 e. The third kappa shape index (κ3) is 3.33. The van der Waals surface area contributed by atoms with Crippen molar-refractivity contribution < 1.29 is 26.7 Å². The van der Waals surface area contributed by atoms with Crippen LogP contribution in [0, 0.1) is 18.6 Å². The van der Waals surface area contributed by atoms with Crippen LogP contribution in [0.1, 0.15) is 27.7 Å². The fourth-order valence-corrected chi connectivity index (χ4v) is 2.03. The molecule has 0 fully saturated rings. The van der Waals surface area contributed by atoms with E-state index in [-0.39, 0.29) is 5.56 Å². The van der Waals surface area contributed by atoms with Crippen LogP contribution in [0.25, 0.3) is 0 Å². The second kappa shape index (κ2) is 5.98. The van der Waals surface area contributed by atoms with Crippen LogP contribution in [-0.4, -0.2) is 21.9 Å². The van der Waals surface area contributed by atoms with Gasteiger partial charge in [0, 0.05) is 12.7 Å². The van der Waals surface area contributed by atoms with E-state index < -0.39 is 35.3 Å². The van der Waals surface area contributed by atoms with E-state index in [1.54, 1.807) is 5.32 Å². The van der Waals surface area contributed by atoms with Gasteiger partial charge in [-0.25, -0.2) is 8.78 Å². The fraction of sp³-hybridized carbons (Fsp3) is 0.286. The Labute approximate surface area is 127 Å². The Bertz CT molecular complexity index is 718. The van der Waals surface area contributed by atoms with Gasteiger partial charge in [-0.2, -0.15) is 18.3 Å². The van der Waals surface area contributed by atoms with Crippen LogP contribution in [0.2, 0.25) is 0 Å². The number of alkyl halides is 3. The van der Waals surface area contributed by atoms with E-state index in [4.69, 9.17) is 0 Å². The van der Waals surface area contributed by atoms with Crippen molar-refractivity contribution in [3.63, 3.8) is 0 Å². The summed E-state index contributed by atoms with van der Waals surface area (Å²) in [4.78, 5) is 12.0. The van der Waals surface area contributed by atoms with Crippen molar-refractivity contribution in [1.82, 2.24) is 15.1 Å². The highest BCUT2D eigenvalue weighted by Gasteiger charge is 2.45. The molecule has 2 rings (SSSR count). The van der Waals surface area contributed by atoms with Gasteiger partial charge in [-0.05, 0) is 19.1 Å². The molecule has 1 amide bonds. The molecule has 0 unspecified atom stereocenters. The smallest absolute Gasteiger partial charge is 0.336 e. The lowest BCUT2D eigenvalue weighted by Gasteiger charge is -2.22. The van der Waals surface area contributed by atoms with Crippen molar-refractivity contribution in [1.29, 1.82) is 0 Å². The first-order chi connectivity index (χ1) is 10.6. The third-order valence-electron chi connectivity index (χ3n) is 3.37. The molecule has 9 heteroatoms. The lowest BCUT2D eigenvalue weighted by Crippen LogP contribution is -2.39. The van der Waals surface area contributed by atoms with Crippen LogP contribution < -0.4 is 5.32 Å². The number of carbonyl (C=O) groups is 1. The third-order valence-corrected chi connectivity index (χ3v) is 3.37. The number of halogens is 5. The highest BCUT2D eigenvalue weighted by molar-refractivity contribution is 5.95. The number of aryl methyl sites for hydroxylation is 1. The number of hydrogen-bond acceptors (Lipinski definition) is 2. The van der Waals surface area contributed by atoms with E-state index in [0.717, 1.165) is 12.3 Å². The molecular formula is C14H12F5N3O. The number of nitrogens with zero attached hydrogens (tertiary/aromatic N) is 2. The molecule has 1 N–H and O–H groups in total. The Morgan fingerprint density at radius 2 is 1.83 bits per heavy atom. The molecule has 0 aliphatic rings. The lowest BCUT2D eigenvalue weighted by atomic mass is 10.0. The van der Waals surface area contributed by atoms with Crippen molar-refractivity contribution in [3.8, 4) is 0 Å². The zero-order valence-electron chi connectivity index (χ0n) is 12.1. The Kier molecular flexibility index (Phi) is 4.39. The van der Waals surface area contributed by atoms with Crippen LogP contribution in [0.5, 0.6) is 0 Å². The Morgan fingerprint density at radius 3 is 2.26 bits per heavy atom. The Balaban J connectivity index is 2.42. The molecule has 0 saturated heterocycles. The minimum absolute atomic E-state index is 0.113. The summed E-state index contributed by atoms with van der Waals surface area (Å²) in [6, 6.07) is -0.484. The molecule has 1 heterocycles. The minimum atomic E-state index is -5.07. The van der Waals surface area contributed by atoms with Gasteiger partial charge in [0.05, 0.1) is 17.3 Å². The van der Waals surface area contributed by atoms with Gasteiger partial charge < -0.3 is 5.32 Å². The molecule has 0 bridgehead atoms. The average Bonchev–Trinajstić information content (AvgIpc) is 2.76. The summed E-state index contributed by atoms with van der Waals surface area (Å²) in [5.41, 5.74) is -1.05. The van der Waals surface area contributed by atoms with E-state index in [2.05, 4.69) is 5.10 Å². The van der Waals surface area contributed by atoms with Gasteiger partial charge in [0.25, 0.3) is 5.91 Å². The molecule has 2 aromatic rings. The zero-order valence-corrected chi connectivity index (χ0v) is 12.1. The van der Waals surface area contributed by atoms with E-state index in [1.165, 1.54) is 18.7 Å².